The molecule has 1 saturated heterocycles. The van der Waals surface area contributed by atoms with Gasteiger partial charge in [0, 0.05) is 0 Å². The van der Waals surface area contributed by atoms with Gasteiger partial charge in [-0.15, -0.1) is 0 Å². The molecule has 0 radical (unpaired) electrons. The van der Waals surface area contributed by atoms with Crippen molar-refractivity contribution in [1.82, 2.24) is 0 Å². The minimum atomic E-state index is -1.14. The van der Waals surface area contributed by atoms with Crippen molar-refractivity contribution < 1.29 is 19.4 Å². The van der Waals surface area contributed by atoms with Gasteiger partial charge in [0.05, 0.1) is 7.11 Å². The molecule has 0 saturated carbocycles. The van der Waals surface area contributed by atoms with E-state index in [1.54, 1.807) is 13.0 Å². The van der Waals surface area contributed by atoms with Gasteiger partial charge in [0.2, 0.25) is 5.60 Å². The van der Waals surface area contributed by atoms with E-state index in [4.69, 9.17) is 4.74 Å². The SMILES string of the molecule is COC(=O)C12OC1(C)CC=CC2O. The summed E-state index contributed by atoms with van der Waals surface area (Å²) in [7, 11) is 1.30. The first-order valence-corrected chi connectivity index (χ1v) is 4.20. The summed E-state index contributed by atoms with van der Waals surface area (Å²) < 4.78 is 9.94. The van der Waals surface area contributed by atoms with Crippen LogP contribution < -0.4 is 0 Å². The molecule has 1 N–H and O–H groups in total. The van der Waals surface area contributed by atoms with Crippen molar-refractivity contribution in [2.75, 3.05) is 7.11 Å². The van der Waals surface area contributed by atoms with Gasteiger partial charge in [-0.05, 0) is 13.3 Å². The Morgan fingerprint density at radius 1 is 1.77 bits per heavy atom. The molecular weight excluding hydrogens is 172 g/mol. The van der Waals surface area contributed by atoms with Gasteiger partial charge in [0.1, 0.15) is 11.7 Å². The third-order valence-corrected chi connectivity index (χ3v) is 2.86. The van der Waals surface area contributed by atoms with E-state index in [2.05, 4.69) is 4.74 Å². The number of hydrogen-bond acceptors (Lipinski definition) is 4. The fraction of sp³-hybridized carbons (Fsp3) is 0.667. The molecule has 4 nitrogen and oxygen atoms in total. The summed E-state index contributed by atoms with van der Waals surface area (Å²) in [5.41, 5.74) is -1.72. The number of aliphatic hydroxyl groups excluding tert-OH is 1. The Morgan fingerprint density at radius 2 is 2.46 bits per heavy atom. The van der Waals surface area contributed by atoms with Gasteiger partial charge in [-0.25, -0.2) is 4.79 Å². The predicted octanol–water partition coefficient (Wildman–Crippen LogP) is 0.00790. The first-order chi connectivity index (χ1) is 6.07. The summed E-state index contributed by atoms with van der Waals surface area (Å²) in [6, 6.07) is 0. The maximum atomic E-state index is 11.4. The second-order valence-corrected chi connectivity index (χ2v) is 3.64. The predicted molar refractivity (Wildman–Crippen MR) is 44.0 cm³/mol. The van der Waals surface area contributed by atoms with Crippen molar-refractivity contribution >= 4 is 5.97 Å². The summed E-state index contributed by atoms with van der Waals surface area (Å²) in [4.78, 5) is 11.4. The second kappa shape index (κ2) is 2.33. The van der Waals surface area contributed by atoms with Gasteiger partial charge in [-0.2, -0.15) is 0 Å². The number of aliphatic hydroxyl groups is 1. The lowest BCUT2D eigenvalue weighted by atomic mass is 9.82. The Kier molecular flexibility index (Phi) is 1.56. The van der Waals surface area contributed by atoms with Crippen molar-refractivity contribution in [1.29, 1.82) is 0 Å². The molecule has 0 spiro atoms. The van der Waals surface area contributed by atoms with E-state index in [9.17, 15) is 9.90 Å². The molecule has 0 aromatic carbocycles. The van der Waals surface area contributed by atoms with Crippen LogP contribution in [0.3, 0.4) is 0 Å². The molecule has 1 heterocycles. The Balaban J connectivity index is 2.33. The van der Waals surface area contributed by atoms with E-state index in [1.807, 2.05) is 6.08 Å². The van der Waals surface area contributed by atoms with Crippen LogP contribution in [0.2, 0.25) is 0 Å². The van der Waals surface area contributed by atoms with Crippen molar-refractivity contribution in [3.8, 4) is 0 Å². The average molecular weight is 184 g/mol. The average Bonchev–Trinajstić information content (AvgIpc) is 2.74. The molecule has 1 aliphatic heterocycles. The van der Waals surface area contributed by atoms with E-state index in [1.165, 1.54) is 7.11 Å². The summed E-state index contributed by atoms with van der Waals surface area (Å²) in [6.45, 7) is 1.80. The molecule has 1 fully saturated rings. The summed E-state index contributed by atoms with van der Waals surface area (Å²) in [6.07, 6.45) is 3.14. The Hall–Kier alpha value is -0.870. The number of fused-ring (bicyclic) bond motifs is 1. The van der Waals surface area contributed by atoms with Crippen LogP contribution >= 0.6 is 0 Å². The number of ether oxygens (including phenoxy) is 2. The van der Waals surface area contributed by atoms with Gasteiger partial charge in [0.25, 0.3) is 0 Å². The minimum Gasteiger partial charge on any atom is -0.467 e. The molecule has 0 aromatic heterocycles. The van der Waals surface area contributed by atoms with Crippen molar-refractivity contribution in [2.24, 2.45) is 0 Å². The highest BCUT2D eigenvalue weighted by molar-refractivity contribution is 5.86. The third-order valence-electron chi connectivity index (χ3n) is 2.86. The normalized spacial score (nSPS) is 46.8. The minimum absolute atomic E-state index is 0.494. The molecule has 3 unspecified atom stereocenters. The van der Waals surface area contributed by atoms with Gasteiger partial charge >= 0.3 is 5.97 Å². The van der Waals surface area contributed by atoms with Crippen molar-refractivity contribution in [3.05, 3.63) is 12.2 Å². The van der Waals surface area contributed by atoms with Crippen LogP contribution in [0.25, 0.3) is 0 Å². The van der Waals surface area contributed by atoms with Crippen molar-refractivity contribution in [3.63, 3.8) is 0 Å². The highest BCUT2D eigenvalue weighted by Gasteiger charge is 2.76. The second-order valence-electron chi connectivity index (χ2n) is 3.64. The first-order valence-electron chi connectivity index (χ1n) is 4.20. The van der Waals surface area contributed by atoms with Gasteiger partial charge in [-0.3, -0.25) is 0 Å². The number of esters is 1. The molecule has 13 heavy (non-hydrogen) atoms. The third kappa shape index (κ3) is 0.845. The Morgan fingerprint density at radius 3 is 3.00 bits per heavy atom. The van der Waals surface area contributed by atoms with E-state index in [0.717, 1.165) is 0 Å². The number of epoxide rings is 1. The lowest BCUT2D eigenvalue weighted by Gasteiger charge is -2.20. The monoisotopic (exact) mass is 184 g/mol. The molecule has 3 atom stereocenters. The van der Waals surface area contributed by atoms with Crippen LogP contribution in [0.1, 0.15) is 13.3 Å². The summed E-state index contributed by atoms with van der Waals surface area (Å²) >= 11 is 0. The molecule has 0 amide bonds. The molecule has 0 aromatic rings. The van der Waals surface area contributed by atoms with Crippen LogP contribution in [-0.2, 0) is 14.3 Å². The Labute approximate surface area is 76.1 Å². The molecule has 1 aliphatic carbocycles. The van der Waals surface area contributed by atoms with Gasteiger partial charge in [-0.1, -0.05) is 12.2 Å². The van der Waals surface area contributed by atoms with Crippen molar-refractivity contribution in [2.45, 2.75) is 30.7 Å². The van der Waals surface area contributed by atoms with E-state index >= 15 is 0 Å². The highest BCUT2D eigenvalue weighted by Crippen LogP contribution is 2.55. The fourth-order valence-electron chi connectivity index (χ4n) is 1.98. The van der Waals surface area contributed by atoms with Crippen LogP contribution in [-0.4, -0.2) is 35.5 Å². The lowest BCUT2D eigenvalue weighted by molar-refractivity contribution is -0.150. The molecular formula is C9H12O4. The van der Waals surface area contributed by atoms with E-state index < -0.39 is 23.3 Å². The van der Waals surface area contributed by atoms with E-state index in [0.29, 0.717) is 6.42 Å². The largest absolute Gasteiger partial charge is 0.467 e. The summed E-state index contributed by atoms with van der Waals surface area (Å²) in [5.74, 6) is -0.494. The Bertz CT molecular complexity index is 285. The maximum Gasteiger partial charge on any atom is 0.344 e. The summed E-state index contributed by atoms with van der Waals surface area (Å²) in [5, 5.41) is 9.62. The number of rotatable bonds is 1. The molecule has 2 rings (SSSR count). The number of carbonyl (C=O) groups is 1. The van der Waals surface area contributed by atoms with Crippen LogP contribution in [0, 0.1) is 0 Å². The van der Waals surface area contributed by atoms with Gasteiger partial charge < -0.3 is 14.6 Å². The van der Waals surface area contributed by atoms with Crippen LogP contribution in [0.4, 0.5) is 0 Å². The molecule has 72 valence electrons. The highest BCUT2D eigenvalue weighted by atomic mass is 16.7. The quantitative estimate of drug-likeness (QED) is 0.354. The molecule has 0 bridgehead atoms. The van der Waals surface area contributed by atoms with E-state index in [-0.39, 0.29) is 0 Å². The molecule has 2 aliphatic rings. The number of hydrogen-bond donors (Lipinski definition) is 1. The standard InChI is InChI=1S/C9H12O4/c1-8-5-3-4-6(10)9(8,13-8)7(11)12-2/h3-4,6,10H,5H2,1-2H3. The zero-order chi connectivity index (χ0) is 9.69. The first kappa shape index (κ1) is 8.72. The molecule has 4 heteroatoms. The fourth-order valence-corrected chi connectivity index (χ4v) is 1.98. The number of carbonyl (C=O) groups excluding carboxylic acids is 1. The van der Waals surface area contributed by atoms with Crippen LogP contribution in [0.15, 0.2) is 12.2 Å². The topological polar surface area (TPSA) is 59.1 Å². The lowest BCUT2D eigenvalue weighted by Crippen LogP contribution is -2.45. The van der Waals surface area contributed by atoms with Crippen LogP contribution in [0.5, 0.6) is 0 Å². The zero-order valence-corrected chi connectivity index (χ0v) is 7.61. The van der Waals surface area contributed by atoms with Gasteiger partial charge in [0.15, 0.2) is 0 Å². The zero-order valence-electron chi connectivity index (χ0n) is 7.61. The smallest absolute Gasteiger partial charge is 0.344 e. The number of methoxy groups -OCH3 is 1. The maximum absolute atomic E-state index is 11.4.